The number of hydrogen-bond donors (Lipinski definition) is 2. The minimum Gasteiger partial charge on any atom is -0.462 e. The maximum atomic E-state index is 13.4. The number of benzene rings is 1. The van der Waals surface area contributed by atoms with Crippen LogP contribution in [0.4, 0.5) is 5.69 Å². The van der Waals surface area contributed by atoms with Gasteiger partial charge in [0.25, 0.3) is 0 Å². The molecule has 178 valence electrons. The molecule has 10 nitrogen and oxygen atoms in total. The molecule has 0 saturated carbocycles. The van der Waals surface area contributed by atoms with Crippen molar-refractivity contribution in [2.75, 3.05) is 31.8 Å². The zero-order valence-corrected chi connectivity index (χ0v) is 19.6. The first-order valence-corrected chi connectivity index (χ1v) is 12.2. The topological polar surface area (TPSA) is 127 Å². The summed E-state index contributed by atoms with van der Waals surface area (Å²) in [4.78, 5) is 28.1. The van der Waals surface area contributed by atoms with Gasteiger partial charge in [-0.15, -0.1) is 0 Å². The molecule has 33 heavy (non-hydrogen) atoms. The van der Waals surface area contributed by atoms with E-state index >= 15 is 0 Å². The molecular formula is C22H27N3O7S. The Morgan fingerprint density at radius 1 is 1.15 bits per heavy atom. The van der Waals surface area contributed by atoms with Crippen molar-refractivity contribution in [2.24, 2.45) is 5.92 Å². The van der Waals surface area contributed by atoms with Crippen LogP contribution in [0.2, 0.25) is 0 Å². The van der Waals surface area contributed by atoms with E-state index in [0.717, 1.165) is 0 Å². The van der Waals surface area contributed by atoms with Crippen molar-refractivity contribution in [1.29, 1.82) is 0 Å². The molecule has 1 aromatic heterocycles. The van der Waals surface area contributed by atoms with Gasteiger partial charge >= 0.3 is 5.97 Å². The standard InChI is InChI=1S/C22H27N3O7S/c1-4-30-22(27)19-13(2)23-14(3)20(19)33(28,29)25-9-7-15(8-10-25)21(26)24-16-5-6-17-18(11-16)32-12-31-17/h5-6,11,15,23H,4,7-10,12H2,1-3H3,(H,24,26). The number of hydrogen-bond acceptors (Lipinski definition) is 7. The lowest BCUT2D eigenvalue weighted by Crippen LogP contribution is -2.41. The molecule has 1 aromatic carbocycles. The van der Waals surface area contributed by atoms with E-state index in [1.54, 1.807) is 39.0 Å². The summed E-state index contributed by atoms with van der Waals surface area (Å²) in [6.07, 6.45) is 0.736. The van der Waals surface area contributed by atoms with Crippen LogP contribution in [0.5, 0.6) is 11.5 Å². The fourth-order valence-electron chi connectivity index (χ4n) is 4.24. The summed E-state index contributed by atoms with van der Waals surface area (Å²) in [5, 5.41) is 2.87. The normalized spacial score (nSPS) is 16.6. The van der Waals surface area contributed by atoms with E-state index in [4.69, 9.17) is 14.2 Å². The molecule has 2 aromatic rings. The van der Waals surface area contributed by atoms with Gasteiger partial charge in [-0.05, 0) is 45.7 Å². The second kappa shape index (κ2) is 9.06. The van der Waals surface area contributed by atoms with Crippen LogP contribution in [0.1, 0.15) is 41.5 Å². The molecule has 1 fully saturated rings. The van der Waals surface area contributed by atoms with Crippen molar-refractivity contribution in [3.63, 3.8) is 0 Å². The Labute approximate surface area is 192 Å². The van der Waals surface area contributed by atoms with Crippen LogP contribution in [-0.2, 0) is 19.6 Å². The van der Waals surface area contributed by atoms with Crippen LogP contribution in [-0.4, -0.2) is 56.1 Å². The number of aromatic amines is 1. The summed E-state index contributed by atoms with van der Waals surface area (Å²) < 4.78 is 43.8. The first-order chi connectivity index (χ1) is 15.7. The van der Waals surface area contributed by atoms with Crippen LogP contribution in [0.3, 0.4) is 0 Å². The number of aryl methyl sites for hydroxylation is 2. The van der Waals surface area contributed by atoms with Gasteiger partial charge in [0, 0.05) is 42.1 Å². The highest BCUT2D eigenvalue weighted by Gasteiger charge is 2.37. The minimum absolute atomic E-state index is 0.0389. The molecule has 0 spiro atoms. The van der Waals surface area contributed by atoms with Crippen molar-refractivity contribution in [1.82, 2.24) is 9.29 Å². The third-order valence-corrected chi connectivity index (χ3v) is 7.93. The number of nitrogens with zero attached hydrogens (tertiary/aromatic N) is 1. The molecule has 2 aliphatic rings. The van der Waals surface area contributed by atoms with E-state index in [2.05, 4.69) is 10.3 Å². The van der Waals surface area contributed by atoms with E-state index in [0.29, 0.717) is 41.4 Å². The number of ether oxygens (including phenoxy) is 3. The molecule has 0 radical (unpaired) electrons. The second-order valence-electron chi connectivity index (χ2n) is 8.04. The van der Waals surface area contributed by atoms with Crippen LogP contribution >= 0.6 is 0 Å². The predicted molar refractivity (Wildman–Crippen MR) is 119 cm³/mol. The van der Waals surface area contributed by atoms with E-state index < -0.39 is 16.0 Å². The third-order valence-electron chi connectivity index (χ3n) is 5.86. The van der Waals surface area contributed by atoms with Crippen molar-refractivity contribution >= 4 is 27.6 Å². The molecular weight excluding hydrogens is 450 g/mol. The molecule has 1 saturated heterocycles. The molecule has 2 aliphatic heterocycles. The zero-order chi connectivity index (χ0) is 23.8. The summed E-state index contributed by atoms with van der Waals surface area (Å²) in [5.41, 5.74) is 1.47. The molecule has 0 bridgehead atoms. The van der Waals surface area contributed by atoms with Gasteiger partial charge in [-0.1, -0.05) is 0 Å². The monoisotopic (exact) mass is 477 g/mol. The average molecular weight is 478 g/mol. The van der Waals surface area contributed by atoms with E-state index in [1.165, 1.54) is 4.31 Å². The summed E-state index contributed by atoms with van der Waals surface area (Å²) >= 11 is 0. The van der Waals surface area contributed by atoms with Crippen LogP contribution in [0, 0.1) is 19.8 Å². The highest BCUT2D eigenvalue weighted by atomic mass is 32.2. The molecule has 0 atom stereocenters. The van der Waals surface area contributed by atoms with Crippen LogP contribution < -0.4 is 14.8 Å². The van der Waals surface area contributed by atoms with E-state index in [1.807, 2.05) is 0 Å². The number of esters is 1. The number of carbonyl (C=O) groups is 2. The maximum Gasteiger partial charge on any atom is 0.341 e. The van der Waals surface area contributed by atoms with Gasteiger partial charge in [0.05, 0.1) is 6.61 Å². The number of aromatic nitrogens is 1. The van der Waals surface area contributed by atoms with E-state index in [9.17, 15) is 18.0 Å². The van der Waals surface area contributed by atoms with Gasteiger partial charge in [0.1, 0.15) is 10.5 Å². The molecule has 0 aliphatic carbocycles. The van der Waals surface area contributed by atoms with Crippen molar-refractivity contribution in [3.05, 3.63) is 35.2 Å². The van der Waals surface area contributed by atoms with Gasteiger partial charge < -0.3 is 24.5 Å². The fourth-order valence-corrected chi connectivity index (χ4v) is 6.12. The average Bonchev–Trinajstić information content (AvgIpc) is 3.37. The number of carbonyl (C=O) groups excluding carboxylic acids is 2. The van der Waals surface area contributed by atoms with Gasteiger partial charge in [-0.2, -0.15) is 4.31 Å². The zero-order valence-electron chi connectivity index (χ0n) is 18.8. The Morgan fingerprint density at radius 3 is 2.55 bits per heavy atom. The lowest BCUT2D eigenvalue weighted by molar-refractivity contribution is -0.120. The summed E-state index contributed by atoms with van der Waals surface area (Å²) in [6, 6.07) is 5.17. The van der Waals surface area contributed by atoms with Crippen molar-refractivity contribution in [3.8, 4) is 11.5 Å². The van der Waals surface area contributed by atoms with Gasteiger partial charge in [-0.3, -0.25) is 4.79 Å². The Hall–Kier alpha value is -3.05. The van der Waals surface area contributed by atoms with Gasteiger partial charge in [0.2, 0.25) is 22.7 Å². The molecule has 3 heterocycles. The fraction of sp³-hybridized carbons (Fsp3) is 0.455. The number of sulfonamides is 1. The van der Waals surface area contributed by atoms with Crippen LogP contribution in [0.15, 0.2) is 23.1 Å². The number of fused-ring (bicyclic) bond motifs is 1. The SMILES string of the molecule is CCOC(=O)c1c(C)[nH]c(C)c1S(=O)(=O)N1CCC(C(=O)Nc2ccc3c(c2)OCO3)CC1. The number of anilines is 1. The number of H-pyrrole nitrogens is 1. The Kier molecular flexibility index (Phi) is 6.35. The first-order valence-electron chi connectivity index (χ1n) is 10.8. The van der Waals surface area contributed by atoms with Crippen molar-refractivity contribution in [2.45, 2.75) is 38.5 Å². The quantitative estimate of drug-likeness (QED) is 0.612. The predicted octanol–water partition coefficient (Wildman–Crippen LogP) is 2.58. The van der Waals surface area contributed by atoms with Gasteiger partial charge in [-0.25, -0.2) is 13.2 Å². The Balaban J connectivity index is 1.44. The highest BCUT2D eigenvalue weighted by molar-refractivity contribution is 7.89. The van der Waals surface area contributed by atoms with E-state index in [-0.39, 0.29) is 48.8 Å². The van der Waals surface area contributed by atoms with Crippen molar-refractivity contribution < 1.29 is 32.2 Å². The smallest absolute Gasteiger partial charge is 0.341 e. The second-order valence-corrected chi connectivity index (χ2v) is 9.91. The highest BCUT2D eigenvalue weighted by Crippen LogP contribution is 2.35. The summed E-state index contributed by atoms with van der Waals surface area (Å²) in [6.45, 7) is 5.57. The number of amides is 1. The lowest BCUT2D eigenvalue weighted by atomic mass is 9.97. The number of rotatable bonds is 6. The Morgan fingerprint density at radius 2 is 1.85 bits per heavy atom. The van der Waals surface area contributed by atoms with Crippen LogP contribution in [0.25, 0.3) is 0 Å². The minimum atomic E-state index is -3.94. The Bertz CT molecular complexity index is 1180. The number of piperidine rings is 1. The molecule has 0 unspecified atom stereocenters. The summed E-state index contributed by atoms with van der Waals surface area (Å²) in [5.74, 6) is 0.0236. The molecule has 1 amide bonds. The lowest BCUT2D eigenvalue weighted by Gasteiger charge is -2.30. The summed E-state index contributed by atoms with van der Waals surface area (Å²) in [7, 11) is -3.94. The third kappa shape index (κ3) is 4.42. The molecule has 4 rings (SSSR count). The van der Waals surface area contributed by atoms with Gasteiger partial charge in [0.15, 0.2) is 11.5 Å². The number of nitrogens with one attached hydrogen (secondary N) is 2. The first kappa shape index (κ1) is 23.1. The molecule has 11 heteroatoms. The maximum absolute atomic E-state index is 13.4. The largest absolute Gasteiger partial charge is 0.462 e. The molecule has 2 N–H and O–H groups in total.